The molecule has 1 aliphatic heterocycles. The van der Waals surface area contributed by atoms with Crippen molar-refractivity contribution in [1.82, 2.24) is 14.7 Å². The molecular formula is C21H28N4O5. The van der Waals surface area contributed by atoms with Gasteiger partial charge in [0.2, 0.25) is 5.91 Å². The zero-order valence-corrected chi connectivity index (χ0v) is 17.6. The Hall–Kier alpha value is -3.07. The third-order valence-corrected chi connectivity index (χ3v) is 5.04. The summed E-state index contributed by atoms with van der Waals surface area (Å²) in [5, 5.41) is 6.97. The van der Waals surface area contributed by atoms with Crippen LogP contribution in [-0.2, 0) is 23.0 Å². The van der Waals surface area contributed by atoms with Crippen molar-refractivity contribution in [2.75, 3.05) is 45.8 Å². The second kappa shape index (κ2) is 10.1. The number of aryl methyl sites for hydroxylation is 2. The number of ether oxygens (including phenoxy) is 3. The molecule has 1 N–H and O–H groups in total. The van der Waals surface area contributed by atoms with Crippen molar-refractivity contribution in [2.45, 2.75) is 19.3 Å². The molecule has 0 atom stereocenters. The fraction of sp³-hybridized carbons (Fsp3) is 0.476. The first-order valence-electron chi connectivity index (χ1n) is 9.93. The molecule has 1 aromatic carbocycles. The molecule has 1 aromatic heterocycles. The van der Waals surface area contributed by atoms with Gasteiger partial charge in [0.05, 0.1) is 26.5 Å². The fourth-order valence-electron chi connectivity index (χ4n) is 3.41. The predicted molar refractivity (Wildman–Crippen MR) is 111 cm³/mol. The average Bonchev–Trinajstić information content (AvgIpc) is 2.98. The molecule has 3 rings (SSSR count). The van der Waals surface area contributed by atoms with Crippen LogP contribution in [0.1, 0.15) is 28.9 Å². The summed E-state index contributed by atoms with van der Waals surface area (Å²) in [6, 6.07) is 5.15. The number of anilines is 1. The number of nitrogens with one attached hydrogen (secondary N) is 1. The third kappa shape index (κ3) is 5.10. The second-order valence-electron chi connectivity index (χ2n) is 7.01. The molecule has 30 heavy (non-hydrogen) atoms. The van der Waals surface area contributed by atoms with Crippen LogP contribution < -0.4 is 14.8 Å². The number of hydrogen-bond acceptors (Lipinski definition) is 6. The van der Waals surface area contributed by atoms with Gasteiger partial charge in [-0.1, -0.05) is 0 Å². The summed E-state index contributed by atoms with van der Waals surface area (Å²) < 4.78 is 18.0. The van der Waals surface area contributed by atoms with Crippen LogP contribution in [0.5, 0.6) is 11.5 Å². The van der Waals surface area contributed by atoms with Crippen LogP contribution in [-0.4, -0.2) is 67.0 Å². The first-order valence-corrected chi connectivity index (χ1v) is 9.93. The minimum atomic E-state index is -0.190. The lowest BCUT2D eigenvalue weighted by Gasteiger charge is -2.21. The number of aromatic nitrogens is 2. The van der Waals surface area contributed by atoms with E-state index < -0.39 is 0 Å². The first kappa shape index (κ1) is 21.6. The van der Waals surface area contributed by atoms with Gasteiger partial charge in [-0.15, -0.1) is 0 Å². The smallest absolute Gasteiger partial charge is 0.254 e. The zero-order chi connectivity index (χ0) is 21.5. The number of carbonyl (C=O) groups excluding carboxylic acids is 2. The zero-order valence-electron chi connectivity index (χ0n) is 17.6. The number of methoxy groups -OCH3 is 2. The van der Waals surface area contributed by atoms with Crippen LogP contribution >= 0.6 is 0 Å². The van der Waals surface area contributed by atoms with E-state index in [1.165, 1.54) is 14.2 Å². The van der Waals surface area contributed by atoms with Gasteiger partial charge >= 0.3 is 0 Å². The monoisotopic (exact) mass is 416 g/mol. The molecule has 0 bridgehead atoms. The van der Waals surface area contributed by atoms with Crippen LogP contribution in [0, 0.1) is 0 Å². The van der Waals surface area contributed by atoms with Crippen molar-refractivity contribution in [3.8, 4) is 11.5 Å². The Bertz CT molecular complexity index is 888. The minimum absolute atomic E-state index is 0.133. The summed E-state index contributed by atoms with van der Waals surface area (Å²) in [6.45, 7) is 2.31. The Morgan fingerprint density at radius 1 is 1.20 bits per heavy atom. The molecule has 0 radical (unpaired) electrons. The number of benzene rings is 1. The topological polar surface area (TPSA) is 94.9 Å². The van der Waals surface area contributed by atoms with E-state index in [0.29, 0.717) is 55.5 Å². The molecule has 0 spiro atoms. The van der Waals surface area contributed by atoms with Crippen LogP contribution in [0.3, 0.4) is 0 Å². The van der Waals surface area contributed by atoms with Crippen molar-refractivity contribution in [1.29, 1.82) is 0 Å². The number of carbonyl (C=O) groups is 2. The highest BCUT2D eigenvalue weighted by molar-refractivity contribution is 5.99. The van der Waals surface area contributed by atoms with Crippen LogP contribution in [0.15, 0.2) is 24.4 Å². The highest BCUT2D eigenvalue weighted by atomic mass is 16.5. The van der Waals surface area contributed by atoms with Gasteiger partial charge in [-0.25, -0.2) is 0 Å². The number of hydrogen-bond donors (Lipinski definition) is 1. The second-order valence-corrected chi connectivity index (χ2v) is 7.01. The molecule has 0 saturated carbocycles. The van der Waals surface area contributed by atoms with E-state index in [0.717, 1.165) is 12.1 Å². The predicted octanol–water partition coefficient (Wildman–Crippen LogP) is 1.87. The van der Waals surface area contributed by atoms with Gasteiger partial charge in [0.1, 0.15) is 0 Å². The Morgan fingerprint density at radius 2 is 2.03 bits per heavy atom. The van der Waals surface area contributed by atoms with E-state index in [4.69, 9.17) is 14.2 Å². The molecule has 1 saturated heterocycles. The van der Waals surface area contributed by atoms with Gasteiger partial charge in [0.15, 0.2) is 11.5 Å². The maximum absolute atomic E-state index is 13.0. The van der Waals surface area contributed by atoms with E-state index >= 15 is 0 Å². The first-order chi connectivity index (χ1) is 14.5. The average molecular weight is 416 g/mol. The minimum Gasteiger partial charge on any atom is -0.493 e. The summed E-state index contributed by atoms with van der Waals surface area (Å²) in [5.74, 6) is 0.439. The summed E-state index contributed by atoms with van der Waals surface area (Å²) in [5.41, 5.74) is 1.79. The lowest BCUT2D eigenvalue weighted by molar-refractivity contribution is -0.116. The van der Waals surface area contributed by atoms with Crippen LogP contribution in [0.2, 0.25) is 0 Å². The Balaban J connectivity index is 1.79. The highest BCUT2D eigenvalue weighted by Gasteiger charge is 2.22. The molecular weight excluding hydrogens is 388 g/mol. The van der Waals surface area contributed by atoms with Gasteiger partial charge in [-0.3, -0.25) is 14.3 Å². The van der Waals surface area contributed by atoms with Crippen molar-refractivity contribution in [3.05, 3.63) is 35.7 Å². The summed E-state index contributed by atoms with van der Waals surface area (Å²) in [7, 11) is 4.83. The SMILES string of the molecule is COc1cc(C(=O)N2CCCOCC2)cc(NC(=O)CCc2ccnn2C)c1OC. The largest absolute Gasteiger partial charge is 0.493 e. The maximum atomic E-state index is 13.0. The van der Waals surface area contributed by atoms with Gasteiger partial charge in [-0.2, -0.15) is 5.10 Å². The highest BCUT2D eigenvalue weighted by Crippen LogP contribution is 2.37. The third-order valence-electron chi connectivity index (χ3n) is 5.04. The molecule has 0 aliphatic carbocycles. The molecule has 9 nitrogen and oxygen atoms in total. The Morgan fingerprint density at radius 3 is 2.73 bits per heavy atom. The molecule has 0 unspecified atom stereocenters. The lowest BCUT2D eigenvalue weighted by atomic mass is 10.1. The molecule has 1 aliphatic rings. The summed E-state index contributed by atoms with van der Waals surface area (Å²) in [6.07, 6.45) is 3.31. The molecule has 1 fully saturated rings. The van der Waals surface area contributed by atoms with E-state index in [9.17, 15) is 9.59 Å². The van der Waals surface area contributed by atoms with Crippen molar-refractivity contribution < 1.29 is 23.8 Å². The number of nitrogens with zero attached hydrogens (tertiary/aromatic N) is 3. The molecule has 9 heteroatoms. The van der Waals surface area contributed by atoms with E-state index in [2.05, 4.69) is 10.4 Å². The Labute approximate surface area is 175 Å². The van der Waals surface area contributed by atoms with Gasteiger partial charge < -0.3 is 24.4 Å². The normalized spacial score (nSPS) is 14.2. The number of rotatable bonds is 7. The van der Waals surface area contributed by atoms with E-state index in [1.54, 1.807) is 27.9 Å². The van der Waals surface area contributed by atoms with Crippen molar-refractivity contribution in [2.24, 2.45) is 7.05 Å². The van der Waals surface area contributed by atoms with Crippen LogP contribution in [0.25, 0.3) is 0 Å². The molecule has 162 valence electrons. The van der Waals surface area contributed by atoms with Gasteiger partial charge in [0.25, 0.3) is 5.91 Å². The van der Waals surface area contributed by atoms with E-state index in [-0.39, 0.29) is 18.2 Å². The van der Waals surface area contributed by atoms with Gasteiger partial charge in [0, 0.05) is 50.6 Å². The lowest BCUT2D eigenvalue weighted by Crippen LogP contribution is -2.33. The quantitative estimate of drug-likeness (QED) is 0.741. The molecule has 2 aromatic rings. The molecule has 2 amide bonds. The fourth-order valence-corrected chi connectivity index (χ4v) is 3.41. The Kier molecular flexibility index (Phi) is 7.29. The number of amides is 2. The van der Waals surface area contributed by atoms with Crippen LogP contribution in [0.4, 0.5) is 5.69 Å². The van der Waals surface area contributed by atoms with Crippen molar-refractivity contribution >= 4 is 17.5 Å². The summed E-state index contributed by atoms with van der Waals surface area (Å²) in [4.78, 5) is 27.3. The standard InChI is InChI=1S/C21H28N4O5/c1-24-16(7-8-22-24)5-6-19(26)23-17-13-15(14-18(28-2)20(17)29-3)21(27)25-9-4-11-30-12-10-25/h7-8,13-14H,4-6,9-12H2,1-3H3,(H,23,26). The van der Waals surface area contributed by atoms with E-state index in [1.807, 2.05) is 13.1 Å². The molecule has 2 heterocycles. The summed E-state index contributed by atoms with van der Waals surface area (Å²) >= 11 is 0. The maximum Gasteiger partial charge on any atom is 0.254 e. The van der Waals surface area contributed by atoms with Gasteiger partial charge in [-0.05, 0) is 31.0 Å². The van der Waals surface area contributed by atoms with Crippen molar-refractivity contribution in [3.63, 3.8) is 0 Å².